The van der Waals surface area contributed by atoms with Crippen LogP contribution in [0, 0.1) is 12.8 Å². The third-order valence-corrected chi connectivity index (χ3v) is 3.98. The molecule has 0 spiro atoms. The minimum atomic E-state index is 0.955. The molecule has 0 unspecified atom stereocenters. The van der Waals surface area contributed by atoms with Gasteiger partial charge in [-0.25, -0.2) is 0 Å². The number of hydrogen-bond donors (Lipinski definition) is 0. The van der Waals surface area contributed by atoms with E-state index in [1.165, 1.54) is 38.8 Å². The Morgan fingerprint density at radius 3 is 2.88 bits per heavy atom. The average Bonchev–Trinajstić information content (AvgIpc) is 2.63. The minimum Gasteiger partial charge on any atom is -0.317 e. The first kappa shape index (κ1) is 12.6. The van der Waals surface area contributed by atoms with Gasteiger partial charge in [-0.1, -0.05) is 13.3 Å². The third-order valence-electron chi connectivity index (χ3n) is 3.98. The van der Waals surface area contributed by atoms with Crippen LogP contribution in [0.1, 0.15) is 38.4 Å². The van der Waals surface area contributed by atoms with Crippen molar-refractivity contribution in [2.45, 2.75) is 46.1 Å². The van der Waals surface area contributed by atoms with Gasteiger partial charge in [-0.05, 0) is 45.2 Å². The van der Waals surface area contributed by atoms with E-state index in [4.69, 9.17) is 0 Å². The van der Waals surface area contributed by atoms with Gasteiger partial charge in [0.2, 0.25) is 0 Å². The lowest BCUT2D eigenvalue weighted by Gasteiger charge is -2.20. The van der Waals surface area contributed by atoms with Crippen LogP contribution in [0.25, 0.3) is 0 Å². The summed E-state index contributed by atoms with van der Waals surface area (Å²) in [7, 11) is 0. The average molecular weight is 236 g/mol. The largest absolute Gasteiger partial charge is 0.317 e. The van der Waals surface area contributed by atoms with Crippen LogP contribution in [-0.2, 0) is 6.54 Å². The zero-order chi connectivity index (χ0) is 12.1. The molecule has 2 rings (SSSR count). The molecule has 4 heteroatoms. The molecule has 96 valence electrons. The summed E-state index contributed by atoms with van der Waals surface area (Å²) < 4.78 is 2.14. The Morgan fingerprint density at radius 2 is 2.18 bits per heavy atom. The highest BCUT2D eigenvalue weighted by Gasteiger charge is 2.15. The molecule has 1 fully saturated rings. The maximum absolute atomic E-state index is 4.02. The SMILES string of the molecule is CC[C@@H]1CCCN(CCn2cnnc2C)CC1. The van der Waals surface area contributed by atoms with Crippen LogP contribution < -0.4 is 0 Å². The van der Waals surface area contributed by atoms with E-state index in [1.54, 1.807) is 0 Å². The summed E-state index contributed by atoms with van der Waals surface area (Å²) in [6.45, 7) is 9.02. The number of nitrogens with zero attached hydrogens (tertiary/aromatic N) is 4. The van der Waals surface area contributed by atoms with Crippen LogP contribution in [0.2, 0.25) is 0 Å². The van der Waals surface area contributed by atoms with Crippen LogP contribution >= 0.6 is 0 Å². The summed E-state index contributed by atoms with van der Waals surface area (Å²) in [4.78, 5) is 2.59. The third kappa shape index (κ3) is 3.53. The van der Waals surface area contributed by atoms with Crippen molar-refractivity contribution in [2.75, 3.05) is 19.6 Å². The second-order valence-electron chi connectivity index (χ2n) is 5.12. The van der Waals surface area contributed by atoms with Gasteiger partial charge in [-0.2, -0.15) is 0 Å². The topological polar surface area (TPSA) is 34.0 Å². The molecule has 0 aromatic carbocycles. The van der Waals surface area contributed by atoms with Crippen molar-refractivity contribution in [3.8, 4) is 0 Å². The molecule has 17 heavy (non-hydrogen) atoms. The highest BCUT2D eigenvalue weighted by atomic mass is 15.3. The van der Waals surface area contributed by atoms with Crippen LogP contribution in [0.15, 0.2) is 6.33 Å². The van der Waals surface area contributed by atoms with Crippen molar-refractivity contribution >= 4 is 0 Å². The van der Waals surface area contributed by atoms with Gasteiger partial charge in [0.05, 0.1) is 0 Å². The second-order valence-corrected chi connectivity index (χ2v) is 5.12. The molecule has 1 aromatic heterocycles. The maximum atomic E-state index is 4.02. The van der Waals surface area contributed by atoms with E-state index in [1.807, 2.05) is 13.3 Å². The van der Waals surface area contributed by atoms with Crippen molar-refractivity contribution in [3.63, 3.8) is 0 Å². The fourth-order valence-corrected chi connectivity index (χ4v) is 2.64. The number of hydrogen-bond acceptors (Lipinski definition) is 3. The van der Waals surface area contributed by atoms with E-state index in [2.05, 4.69) is 26.6 Å². The molecule has 0 aliphatic carbocycles. The quantitative estimate of drug-likeness (QED) is 0.803. The lowest BCUT2D eigenvalue weighted by molar-refractivity contribution is 0.268. The lowest BCUT2D eigenvalue weighted by Crippen LogP contribution is -2.28. The van der Waals surface area contributed by atoms with E-state index in [0.717, 1.165) is 24.8 Å². The number of aryl methyl sites for hydroxylation is 1. The Balaban J connectivity index is 1.78. The molecule has 0 saturated carbocycles. The zero-order valence-electron chi connectivity index (χ0n) is 11.1. The Morgan fingerprint density at radius 1 is 1.29 bits per heavy atom. The molecule has 1 atom stereocenters. The van der Waals surface area contributed by atoms with Gasteiger partial charge in [-0.15, -0.1) is 10.2 Å². The summed E-state index contributed by atoms with van der Waals surface area (Å²) in [6, 6.07) is 0. The van der Waals surface area contributed by atoms with Crippen molar-refractivity contribution < 1.29 is 0 Å². The molecule has 0 radical (unpaired) electrons. The van der Waals surface area contributed by atoms with Crippen LogP contribution in [-0.4, -0.2) is 39.3 Å². The number of rotatable bonds is 4. The predicted octanol–water partition coefficient (Wildman–Crippen LogP) is 2.10. The molecule has 1 saturated heterocycles. The van der Waals surface area contributed by atoms with Gasteiger partial charge in [0.1, 0.15) is 12.2 Å². The number of aromatic nitrogens is 3. The molecular formula is C13H24N4. The first-order valence-corrected chi connectivity index (χ1v) is 6.86. The predicted molar refractivity (Wildman–Crippen MR) is 68.8 cm³/mol. The fourth-order valence-electron chi connectivity index (χ4n) is 2.64. The van der Waals surface area contributed by atoms with Crippen molar-refractivity contribution in [1.29, 1.82) is 0 Å². The van der Waals surface area contributed by atoms with Gasteiger partial charge in [-0.3, -0.25) is 0 Å². The second kappa shape index (κ2) is 6.15. The highest BCUT2D eigenvalue weighted by Crippen LogP contribution is 2.19. The Bertz CT molecular complexity index is 334. The monoisotopic (exact) mass is 236 g/mol. The van der Waals surface area contributed by atoms with E-state index < -0.39 is 0 Å². The smallest absolute Gasteiger partial charge is 0.129 e. The molecule has 2 heterocycles. The van der Waals surface area contributed by atoms with Gasteiger partial charge in [0.25, 0.3) is 0 Å². The summed E-state index contributed by atoms with van der Waals surface area (Å²) in [5.41, 5.74) is 0. The van der Waals surface area contributed by atoms with Gasteiger partial charge in [0.15, 0.2) is 0 Å². The normalized spacial score (nSPS) is 22.6. The Kier molecular flexibility index (Phi) is 4.54. The lowest BCUT2D eigenvalue weighted by atomic mass is 9.98. The van der Waals surface area contributed by atoms with Gasteiger partial charge >= 0.3 is 0 Å². The first-order chi connectivity index (χ1) is 8.29. The van der Waals surface area contributed by atoms with E-state index in [0.29, 0.717) is 0 Å². The van der Waals surface area contributed by atoms with Gasteiger partial charge < -0.3 is 9.47 Å². The molecule has 1 aliphatic rings. The molecule has 1 aromatic rings. The van der Waals surface area contributed by atoms with Crippen LogP contribution in [0.5, 0.6) is 0 Å². The molecule has 0 N–H and O–H groups in total. The van der Waals surface area contributed by atoms with Crippen molar-refractivity contribution in [3.05, 3.63) is 12.2 Å². The molecule has 1 aliphatic heterocycles. The van der Waals surface area contributed by atoms with Crippen LogP contribution in [0.4, 0.5) is 0 Å². The number of likely N-dealkylation sites (tertiary alicyclic amines) is 1. The van der Waals surface area contributed by atoms with Crippen molar-refractivity contribution in [1.82, 2.24) is 19.7 Å². The van der Waals surface area contributed by atoms with Gasteiger partial charge in [0, 0.05) is 13.1 Å². The van der Waals surface area contributed by atoms with E-state index in [9.17, 15) is 0 Å². The highest BCUT2D eigenvalue weighted by molar-refractivity contribution is 4.80. The fraction of sp³-hybridized carbons (Fsp3) is 0.846. The first-order valence-electron chi connectivity index (χ1n) is 6.86. The van der Waals surface area contributed by atoms with Crippen molar-refractivity contribution in [2.24, 2.45) is 5.92 Å². The Hall–Kier alpha value is -0.900. The summed E-state index contributed by atoms with van der Waals surface area (Å²) in [5, 5.41) is 7.94. The minimum absolute atomic E-state index is 0.955. The maximum Gasteiger partial charge on any atom is 0.129 e. The standard InChI is InChI=1S/C13H24N4/c1-3-13-5-4-7-16(8-6-13)9-10-17-11-14-15-12(17)2/h11,13H,3-10H2,1-2H3/t13-/m1/s1. The molecule has 0 amide bonds. The molecule has 0 bridgehead atoms. The molecule has 4 nitrogen and oxygen atoms in total. The molecular weight excluding hydrogens is 212 g/mol. The summed E-state index contributed by atoms with van der Waals surface area (Å²) >= 11 is 0. The summed E-state index contributed by atoms with van der Waals surface area (Å²) in [5.74, 6) is 1.97. The zero-order valence-corrected chi connectivity index (χ0v) is 11.1. The van der Waals surface area contributed by atoms with E-state index >= 15 is 0 Å². The van der Waals surface area contributed by atoms with E-state index in [-0.39, 0.29) is 0 Å². The van der Waals surface area contributed by atoms with Crippen LogP contribution in [0.3, 0.4) is 0 Å². The Labute approximate surface area is 104 Å². The summed E-state index contributed by atoms with van der Waals surface area (Å²) in [6.07, 6.45) is 7.33.